The fraction of sp³-hybridized carbons (Fsp3) is 0.143. The van der Waals surface area contributed by atoms with Crippen LogP contribution in [0.25, 0.3) is 0 Å². The number of rotatable bonds is 3. The predicted octanol–water partition coefficient (Wildman–Crippen LogP) is 2.34. The topological polar surface area (TPSA) is 66.4 Å². The summed E-state index contributed by atoms with van der Waals surface area (Å²) in [5, 5.41) is 8.57. The van der Waals surface area contributed by atoms with Gasteiger partial charge in [-0.05, 0) is 37.3 Å². The molecule has 0 saturated heterocycles. The first kappa shape index (κ1) is 15.5. The van der Waals surface area contributed by atoms with Crippen molar-refractivity contribution in [3.63, 3.8) is 0 Å². The van der Waals surface area contributed by atoms with Crippen LogP contribution in [0, 0.1) is 24.6 Å². The van der Waals surface area contributed by atoms with E-state index in [1.165, 1.54) is 18.2 Å². The molecular formula is C14H12FNO3S2. The first-order valence-electron chi connectivity index (χ1n) is 5.91. The molecular weight excluding hydrogens is 313 g/mol. The van der Waals surface area contributed by atoms with Crippen LogP contribution in [0.15, 0.2) is 34.5 Å². The largest absolute Gasteiger partial charge is 0.384 e. The van der Waals surface area contributed by atoms with Crippen LogP contribution in [0.2, 0.25) is 0 Å². The molecule has 0 spiro atoms. The van der Waals surface area contributed by atoms with Crippen LogP contribution in [0.4, 0.5) is 10.1 Å². The van der Waals surface area contributed by atoms with Gasteiger partial charge in [-0.25, -0.2) is 12.8 Å². The molecule has 2 aromatic rings. The number of aliphatic hydroxyl groups is 1. The fourth-order valence-electron chi connectivity index (χ4n) is 1.57. The molecule has 7 heteroatoms. The van der Waals surface area contributed by atoms with Gasteiger partial charge in [-0.15, -0.1) is 11.3 Å². The monoisotopic (exact) mass is 325 g/mol. The number of halogens is 1. The highest BCUT2D eigenvalue weighted by molar-refractivity contribution is 7.94. The molecule has 2 rings (SSSR count). The number of nitrogens with one attached hydrogen (secondary N) is 1. The average molecular weight is 325 g/mol. The summed E-state index contributed by atoms with van der Waals surface area (Å²) in [6, 6.07) is 7.04. The molecule has 1 aromatic carbocycles. The number of hydrogen-bond donors (Lipinski definition) is 2. The van der Waals surface area contributed by atoms with Gasteiger partial charge in [-0.1, -0.05) is 11.8 Å². The van der Waals surface area contributed by atoms with E-state index in [4.69, 9.17) is 5.11 Å². The Bertz CT molecular complexity index is 816. The normalized spacial score (nSPS) is 10.8. The quantitative estimate of drug-likeness (QED) is 0.851. The lowest BCUT2D eigenvalue weighted by molar-refractivity contribution is 0.350. The van der Waals surface area contributed by atoms with Crippen LogP contribution in [0.5, 0.6) is 0 Å². The van der Waals surface area contributed by atoms with Crippen LogP contribution < -0.4 is 4.72 Å². The van der Waals surface area contributed by atoms with E-state index in [1.54, 1.807) is 13.0 Å². The number of aryl methyl sites for hydroxylation is 1. The lowest BCUT2D eigenvalue weighted by Crippen LogP contribution is -2.12. The highest BCUT2D eigenvalue weighted by Crippen LogP contribution is 2.24. The fourth-order valence-corrected chi connectivity index (χ4v) is 3.92. The zero-order chi connectivity index (χ0) is 15.5. The zero-order valence-electron chi connectivity index (χ0n) is 11.1. The molecule has 0 unspecified atom stereocenters. The van der Waals surface area contributed by atoms with Crippen molar-refractivity contribution in [3.05, 3.63) is 46.6 Å². The van der Waals surface area contributed by atoms with Crippen molar-refractivity contribution < 1.29 is 17.9 Å². The minimum Gasteiger partial charge on any atom is -0.384 e. The van der Waals surface area contributed by atoms with Gasteiger partial charge in [0.1, 0.15) is 16.6 Å². The Balaban J connectivity index is 2.27. The van der Waals surface area contributed by atoms with E-state index in [-0.39, 0.29) is 16.5 Å². The Morgan fingerprint density at radius 1 is 1.33 bits per heavy atom. The van der Waals surface area contributed by atoms with E-state index in [2.05, 4.69) is 16.6 Å². The molecule has 0 aliphatic rings. The summed E-state index contributed by atoms with van der Waals surface area (Å²) in [4.78, 5) is 0.852. The number of sulfonamides is 1. The average Bonchev–Trinajstić information content (AvgIpc) is 2.86. The summed E-state index contributed by atoms with van der Waals surface area (Å²) in [5.41, 5.74) is 0.215. The third kappa shape index (κ3) is 3.82. The summed E-state index contributed by atoms with van der Waals surface area (Å²) in [6.07, 6.45) is 0. The van der Waals surface area contributed by atoms with Gasteiger partial charge in [0.15, 0.2) is 0 Å². The molecule has 21 heavy (non-hydrogen) atoms. The molecule has 1 heterocycles. The molecule has 0 saturated carbocycles. The molecule has 0 radical (unpaired) electrons. The van der Waals surface area contributed by atoms with Crippen molar-refractivity contribution in [2.75, 3.05) is 11.3 Å². The Morgan fingerprint density at radius 3 is 2.67 bits per heavy atom. The summed E-state index contributed by atoms with van der Waals surface area (Å²) in [5.74, 6) is 4.21. The maximum Gasteiger partial charge on any atom is 0.271 e. The van der Waals surface area contributed by atoms with E-state index >= 15 is 0 Å². The molecule has 0 bridgehead atoms. The first-order chi connectivity index (χ1) is 9.92. The number of hydrogen-bond acceptors (Lipinski definition) is 4. The Hall–Kier alpha value is -1.88. The number of anilines is 1. The minimum absolute atomic E-state index is 0.128. The standard InChI is InChI=1S/C14H12FNO3S2/c1-10-4-7-14(20-10)21(18,19)16-13-6-5-11(3-2-8-17)9-12(13)15/h4-7,9,16-17H,8H2,1H3. The maximum absolute atomic E-state index is 13.9. The van der Waals surface area contributed by atoms with Gasteiger partial charge in [-0.2, -0.15) is 0 Å². The second kappa shape index (κ2) is 6.26. The molecule has 0 fully saturated rings. The second-order valence-electron chi connectivity index (χ2n) is 4.13. The SMILES string of the molecule is Cc1ccc(S(=O)(=O)Nc2ccc(C#CCO)cc2F)s1. The third-order valence-corrected chi connectivity index (χ3v) is 5.36. The van der Waals surface area contributed by atoms with Gasteiger partial charge >= 0.3 is 0 Å². The lowest BCUT2D eigenvalue weighted by atomic mass is 10.2. The highest BCUT2D eigenvalue weighted by atomic mass is 32.2. The summed E-state index contributed by atoms with van der Waals surface area (Å²) >= 11 is 1.11. The first-order valence-corrected chi connectivity index (χ1v) is 8.21. The number of thiophene rings is 1. The summed E-state index contributed by atoms with van der Waals surface area (Å²) in [7, 11) is -3.79. The Morgan fingerprint density at radius 2 is 2.10 bits per heavy atom. The highest BCUT2D eigenvalue weighted by Gasteiger charge is 2.18. The molecule has 0 amide bonds. The van der Waals surface area contributed by atoms with Crippen LogP contribution in [-0.2, 0) is 10.0 Å². The van der Waals surface area contributed by atoms with E-state index < -0.39 is 15.8 Å². The van der Waals surface area contributed by atoms with E-state index in [1.807, 2.05) is 0 Å². The van der Waals surface area contributed by atoms with Crippen molar-refractivity contribution in [3.8, 4) is 11.8 Å². The van der Waals surface area contributed by atoms with Gasteiger partial charge in [-0.3, -0.25) is 4.72 Å². The van der Waals surface area contributed by atoms with Crippen molar-refractivity contribution in [2.45, 2.75) is 11.1 Å². The Kier molecular flexibility index (Phi) is 4.63. The van der Waals surface area contributed by atoms with E-state index in [0.29, 0.717) is 5.56 Å². The molecule has 0 atom stereocenters. The molecule has 2 N–H and O–H groups in total. The smallest absolute Gasteiger partial charge is 0.271 e. The van der Waals surface area contributed by atoms with E-state index in [0.717, 1.165) is 22.3 Å². The van der Waals surface area contributed by atoms with Gasteiger partial charge in [0, 0.05) is 10.4 Å². The lowest BCUT2D eigenvalue weighted by Gasteiger charge is -2.07. The molecule has 0 aliphatic heterocycles. The van der Waals surface area contributed by atoms with Crippen molar-refractivity contribution in [2.24, 2.45) is 0 Å². The van der Waals surface area contributed by atoms with Gasteiger partial charge in [0.05, 0.1) is 5.69 Å². The minimum atomic E-state index is -3.79. The van der Waals surface area contributed by atoms with Crippen LogP contribution in [0.1, 0.15) is 10.4 Å². The predicted molar refractivity (Wildman–Crippen MR) is 80.2 cm³/mol. The summed E-state index contributed by atoms with van der Waals surface area (Å²) < 4.78 is 40.4. The second-order valence-corrected chi connectivity index (χ2v) is 7.32. The van der Waals surface area contributed by atoms with Crippen molar-refractivity contribution in [1.29, 1.82) is 0 Å². The van der Waals surface area contributed by atoms with Crippen LogP contribution >= 0.6 is 11.3 Å². The van der Waals surface area contributed by atoms with Crippen LogP contribution in [0.3, 0.4) is 0 Å². The maximum atomic E-state index is 13.9. The van der Waals surface area contributed by atoms with Gasteiger partial charge in [0.25, 0.3) is 10.0 Å². The van der Waals surface area contributed by atoms with Crippen molar-refractivity contribution >= 4 is 27.0 Å². The van der Waals surface area contributed by atoms with E-state index in [9.17, 15) is 12.8 Å². The molecule has 0 aliphatic carbocycles. The molecule has 4 nitrogen and oxygen atoms in total. The zero-order valence-corrected chi connectivity index (χ0v) is 12.7. The Labute approximate surface area is 126 Å². The molecule has 1 aromatic heterocycles. The van der Waals surface area contributed by atoms with Crippen molar-refractivity contribution in [1.82, 2.24) is 0 Å². The van der Waals surface area contributed by atoms with Gasteiger partial charge < -0.3 is 5.11 Å². The van der Waals surface area contributed by atoms with Gasteiger partial charge in [0.2, 0.25) is 0 Å². The number of benzene rings is 1. The summed E-state index contributed by atoms with van der Waals surface area (Å²) in [6.45, 7) is 1.46. The third-order valence-electron chi connectivity index (χ3n) is 2.51. The molecule has 110 valence electrons. The van der Waals surface area contributed by atoms with Crippen LogP contribution in [-0.4, -0.2) is 20.1 Å². The number of aliphatic hydroxyl groups excluding tert-OH is 1.